The zero-order valence-corrected chi connectivity index (χ0v) is 16.1. The van der Waals surface area contributed by atoms with Crippen molar-refractivity contribution in [1.29, 1.82) is 0 Å². The minimum Gasteiger partial charge on any atom is -0.439 e. The lowest BCUT2D eigenvalue weighted by atomic mass is 10.1. The van der Waals surface area contributed by atoms with E-state index in [4.69, 9.17) is 4.74 Å². The quantitative estimate of drug-likeness (QED) is 0.659. The number of aryl methyl sites for hydroxylation is 1. The van der Waals surface area contributed by atoms with Gasteiger partial charge in [-0.15, -0.1) is 0 Å². The lowest BCUT2D eigenvalue weighted by molar-refractivity contribution is 0.262. The predicted molar refractivity (Wildman–Crippen MR) is 111 cm³/mol. The van der Waals surface area contributed by atoms with Gasteiger partial charge in [-0.1, -0.05) is 19.1 Å². The maximum atomic E-state index is 12.1. The van der Waals surface area contributed by atoms with Gasteiger partial charge in [0.15, 0.2) is 0 Å². The van der Waals surface area contributed by atoms with Crippen LogP contribution in [-0.2, 0) is 6.42 Å². The van der Waals surface area contributed by atoms with Gasteiger partial charge >= 0.3 is 6.03 Å². The predicted octanol–water partition coefficient (Wildman–Crippen LogP) is 4.54. The molecule has 3 aromatic rings. The summed E-state index contributed by atoms with van der Waals surface area (Å²) in [6, 6.07) is 16.3. The Balaban J connectivity index is 1.57. The van der Waals surface area contributed by atoms with E-state index in [0.29, 0.717) is 17.3 Å². The normalized spacial score (nSPS) is 10.2. The van der Waals surface area contributed by atoms with Gasteiger partial charge in [0.25, 0.3) is 0 Å². The molecule has 0 aliphatic rings. The Kier molecular flexibility index (Phi) is 6.06. The van der Waals surface area contributed by atoms with E-state index in [-0.39, 0.29) is 6.03 Å². The summed E-state index contributed by atoms with van der Waals surface area (Å²) in [5, 5.41) is 5.61. The maximum Gasteiger partial charge on any atom is 0.323 e. The second-order valence-corrected chi connectivity index (χ2v) is 6.36. The van der Waals surface area contributed by atoms with E-state index in [9.17, 15) is 4.79 Å². The van der Waals surface area contributed by atoms with E-state index in [2.05, 4.69) is 27.5 Å². The van der Waals surface area contributed by atoms with Crippen LogP contribution in [0.25, 0.3) is 0 Å². The van der Waals surface area contributed by atoms with Gasteiger partial charge in [0.05, 0.1) is 0 Å². The second-order valence-electron chi connectivity index (χ2n) is 6.36. The summed E-state index contributed by atoms with van der Waals surface area (Å²) >= 11 is 0. The van der Waals surface area contributed by atoms with Crippen molar-refractivity contribution in [3.8, 4) is 11.6 Å². The lowest BCUT2D eigenvalue weighted by Gasteiger charge is -2.12. The molecule has 0 fully saturated rings. The van der Waals surface area contributed by atoms with Crippen molar-refractivity contribution in [3.63, 3.8) is 0 Å². The number of nitrogens with zero attached hydrogens (tertiary/aromatic N) is 3. The third kappa shape index (κ3) is 5.20. The zero-order valence-electron chi connectivity index (χ0n) is 16.1. The number of carbonyl (C=O) groups excluding carboxylic acids is 1. The van der Waals surface area contributed by atoms with Crippen LogP contribution in [0, 0.1) is 0 Å². The number of hydrogen-bond acceptors (Lipinski definition) is 5. The first-order valence-electron chi connectivity index (χ1n) is 8.97. The van der Waals surface area contributed by atoms with Crippen molar-refractivity contribution in [2.45, 2.75) is 13.3 Å². The van der Waals surface area contributed by atoms with Crippen LogP contribution in [-0.4, -0.2) is 30.1 Å². The number of aromatic nitrogens is 2. The molecule has 1 aromatic heterocycles. The Bertz CT molecular complexity index is 924. The number of amides is 2. The van der Waals surface area contributed by atoms with E-state index in [1.165, 1.54) is 11.9 Å². The average Bonchev–Trinajstić information content (AvgIpc) is 2.70. The van der Waals surface area contributed by atoms with Gasteiger partial charge < -0.3 is 20.3 Å². The molecule has 2 amide bonds. The monoisotopic (exact) mass is 377 g/mol. The van der Waals surface area contributed by atoms with Crippen molar-refractivity contribution < 1.29 is 9.53 Å². The van der Waals surface area contributed by atoms with Crippen LogP contribution in [0.15, 0.2) is 60.9 Å². The van der Waals surface area contributed by atoms with Crippen LogP contribution < -0.4 is 20.3 Å². The number of anilines is 3. The van der Waals surface area contributed by atoms with Crippen molar-refractivity contribution in [1.82, 2.24) is 9.97 Å². The highest BCUT2D eigenvalue weighted by molar-refractivity contribution is 5.99. The summed E-state index contributed by atoms with van der Waals surface area (Å²) in [5.74, 6) is 1.82. The number of benzene rings is 2. The van der Waals surface area contributed by atoms with Gasteiger partial charge in [-0.2, -0.15) is 0 Å². The first-order chi connectivity index (χ1) is 13.5. The largest absolute Gasteiger partial charge is 0.439 e. The highest BCUT2D eigenvalue weighted by atomic mass is 16.5. The number of ether oxygens (including phenoxy) is 1. The van der Waals surface area contributed by atoms with E-state index in [1.807, 2.05) is 43.3 Å². The van der Waals surface area contributed by atoms with Crippen molar-refractivity contribution in [2.24, 2.45) is 0 Å². The molecule has 0 unspecified atom stereocenters. The van der Waals surface area contributed by atoms with Gasteiger partial charge in [0.1, 0.15) is 17.9 Å². The van der Waals surface area contributed by atoms with Crippen LogP contribution in [0.5, 0.6) is 11.6 Å². The average molecular weight is 377 g/mol. The molecule has 7 nitrogen and oxygen atoms in total. The first kappa shape index (κ1) is 19.2. The Labute approximate surface area is 164 Å². The second kappa shape index (κ2) is 8.85. The molecular weight excluding hydrogens is 354 g/mol. The Morgan fingerprint density at radius 2 is 1.57 bits per heavy atom. The molecule has 0 atom stereocenters. The Hall–Kier alpha value is -3.61. The van der Waals surface area contributed by atoms with Crippen molar-refractivity contribution in [2.75, 3.05) is 29.6 Å². The summed E-state index contributed by atoms with van der Waals surface area (Å²) in [6.07, 6.45) is 2.42. The number of nitrogens with one attached hydrogen (secondary N) is 2. The number of urea groups is 1. The summed E-state index contributed by atoms with van der Waals surface area (Å²) in [6.45, 7) is 2.09. The first-order valence-corrected chi connectivity index (χ1v) is 8.97. The molecule has 144 valence electrons. The molecule has 0 bridgehead atoms. The maximum absolute atomic E-state index is 12.1. The van der Waals surface area contributed by atoms with E-state index >= 15 is 0 Å². The zero-order chi connectivity index (χ0) is 19.9. The highest BCUT2D eigenvalue weighted by Crippen LogP contribution is 2.23. The summed E-state index contributed by atoms with van der Waals surface area (Å²) in [7, 11) is 3.80. The van der Waals surface area contributed by atoms with E-state index in [1.54, 1.807) is 30.3 Å². The fraction of sp³-hybridized carbons (Fsp3) is 0.190. The molecular formula is C21H23N5O2. The van der Waals surface area contributed by atoms with E-state index < -0.39 is 0 Å². The van der Waals surface area contributed by atoms with Gasteiger partial charge in [-0.3, -0.25) is 0 Å². The minimum absolute atomic E-state index is 0.302. The molecule has 0 aliphatic heterocycles. The number of hydrogen-bond donors (Lipinski definition) is 2. The third-order valence-corrected chi connectivity index (χ3v) is 4.04. The molecule has 2 N–H and O–H groups in total. The van der Waals surface area contributed by atoms with Crippen LogP contribution in [0.2, 0.25) is 0 Å². The molecule has 0 radical (unpaired) electrons. The third-order valence-electron chi connectivity index (χ3n) is 4.04. The standard InChI is InChI=1S/C21H23N5O2/c1-4-15-5-7-16(8-6-15)24-21(27)25-17-9-11-18(12-10-17)28-20-13-19(26(2)3)22-14-23-20/h5-14H,4H2,1-3H3,(H2,24,25,27). The number of rotatable bonds is 6. The molecule has 0 saturated heterocycles. The van der Waals surface area contributed by atoms with Crippen LogP contribution in [0.3, 0.4) is 0 Å². The van der Waals surface area contributed by atoms with Gasteiger partial charge in [-0.25, -0.2) is 14.8 Å². The fourth-order valence-corrected chi connectivity index (χ4v) is 2.47. The molecule has 0 spiro atoms. The van der Waals surface area contributed by atoms with Crippen LogP contribution >= 0.6 is 0 Å². The fourth-order valence-electron chi connectivity index (χ4n) is 2.47. The van der Waals surface area contributed by atoms with Crippen LogP contribution in [0.1, 0.15) is 12.5 Å². The topological polar surface area (TPSA) is 79.4 Å². The molecule has 0 aliphatic carbocycles. The van der Waals surface area contributed by atoms with Crippen molar-refractivity contribution >= 4 is 23.2 Å². The van der Waals surface area contributed by atoms with Crippen molar-refractivity contribution in [3.05, 3.63) is 66.5 Å². The summed E-state index contributed by atoms with van der Waals surface area (Å²) in [4.78, 5) is 22.3. The van der Waals surface area contributed by atoms with Gasteiger partial charge in [-0.05, 0) is 48.4 Å². The molecule has 0 saturated carbocycles. The smallest absolute Gasteiger partial charge is 0.323 e. The van der Waals surface area contributed by atoms with Gasteiger partial charge in [0, 0.05) is 31.5 Å². The highest BCUT2D eigenvalue weighted by Gasteiger charge is 2.05. The summed E-state index contributed by atoms with van der Waals surface area (Å²) < 4.78 is 5.74. The molecule has 28 heavy (non-hydrogen) atoms. The SMILES string of the molecule is CCc1ccc(NC(=O)Nc2ccc(Oc3cc(N(C)C)ncn3)cc2)cc1. The van der Waals surface area contributed by atoms with E-state index in [0.717, 1.165) is 17.9 Å². The molecule has 2 aromatic carbocycles. The molecule has 1 heterocycles. The molecule has 3 rings (SSSR count). The van der Waals surface area contributed by atoms with Crippen LogP contribution in [0.4, 0.5) is 22.0 Å². The molecule has 7 heteroatoms. The summed E-state index contributed by atoms with van der Waals surface area (Å²) in [5.41, 5.74) is 2.63. The Morgan fingerprint density at radius 1 is 0.964 bits per heavy atom. The minimum atomic E-state index is -0.302. The Morgan fingerprint density at radius 3 is 2.14 bits per heavy atom. The number of carbonyl (C=O) groups is 1. The lowest BCUT2D eigenvalue weighted by Crippen LogP contribution is -2.19. The van der Waals surface area contributed by atoms with Gasteiger partial charge in [0.2, 0.25) is 5.88 Å².